The second kappa shape index (κ2) is 12.1. The van der Waals surface area contributed by atoms with E-state index in [9.17, 15) is 0 Å². The molecular weight excluding hydrogens is 739 g/mol. The summed E-state index contributed by atoms with van der Waals surface area (Å²) >= 11 is 0. The highest BCUT2D eigenvalue weighted by Crippen LogP contribution is 2.52. The molecule has 0 saturated heterocycles. The van der Waals surface area contributed by atoms with Gasteiger partial charge in [-0.15, -0.1) is 0 Å². The lowest BCUT2D eigenvalue weighted by Gasteiger charge is -2.42. The van der Waals surface area contributed by atoms with Crippen LogP contribution in [-0.2, 0) is 21.7 Å². The molecular formula is C57H53BN2O. The van der Waals surface area contributed by atoms with Crippen molar-refractivity contribution in [2.75, 3.05) is 5.32 Å². The highest BCUT2D eigenvalue weighted by atomic mass is 16.3. The monoisotopic (exact) mass is 792 g/mol. The van der Waals surface area contributed by atoms with Crippen molar-refractivity contribution in [1.82, 2.24) is 4.57 Å². The number of para-hydroxylation sites is 1. The van der Waals surface area contributed by atoms with Crippen LogP contribution in [0.4, 0.5) is 11.4 Å². The summed E-state index contributed by atoms with van der Waals surface area (Å²) in [5, 5.41) is 8.90. The van der Waals surface area contributed by atoms with Crippen molar-refractivity contribution >= 4 is 73.3 Å². The second-order valence-electron chi connectivity index (χ2n) is 21.3. The van der Waals surface area contributed by atoms with Crippen LogP contribution >= 0.6 is 0 Å². The van der Waals surface area contributed by atoms with Crippen molar-refractivity contribution in [1.29, 1.82) is 0 Å². The van der Waals surface area contributed by atoms with Crippen LogP contribution in [0.15, 0.2) is 126 Å². The van der Waals surface area contributed by atoms with Gasteiger partial charge in [0.1, 0.15) is 11.2 Å². The summed E-state index contributed by atoms with van der Waals surface area (Å²) in [6.45, 7) is 21.4. The number of nitrogens with zero attached hydrogens (tertiary/aromatic N) is 1. The first-order chi connectivity index (χ1) is 29.1. The molecule has 7 aromatic carbocycles. The van der Waals surface area contributed by atoms with Crippen LogP contribution < -0.4 is 16.2 Å². The van der Waals surface area contributed by atoms with E-state index < -0.39 is 0 Å². The summed E-state index contributed by atoms with van der Waals surface area (Å²) in [5.74, 6) is 0. The van der Waals surface area contributed by atoms with Gasteiger partial charge in [-0.25, -0.2) is 0 Å². The van der Waals surface area contributed by atoms with E-state index in [-0.39, 0.29) is 21.7 Å². The third kappa shape index (κ3) is 5.17. The van der Waals surface area contributed by atoms with Crippen molar-refractivity contribution in [2.24, 2.45) is 0 Å². The van der Waals surface area contributed by atoms with Crippen molar-refractivity contribution in [3.63, 3.8) is 0 Å². The van der Waals surface area contributed by atoms with E-state index in [4.69, 9.17) is 4.42 Å². The van der Waals surface area contributed by atoms with Gasteiger partial charge in [0.2, 0.25) is 0 Å². The molecule has 2 aliphatic carbocycles. The minimum Gasteiger partial charge on any atom is -0.456 e. The van der Waals surface area contributed by atoms with Gasteiger partial charge in [-0.05, 0) is 122 Å². The molecule has 0 atom stereocenters. The van der Waals surface area contributed by atoms with E-state index in [0.29, 0.717) is 0 Å². The van der Waals surface area contributed by atoms with Crippen molar-refractivity contribution in [3.05, 3.63) is 149 Å². The molecule has 300 valence electrons. The SMILES string of the molecule is CC(C)(C)c1ccc(Nc2cc3c(cc2-c2ccc4c5cc6c(cc5n5c4c2Bc2cc4c(cc2-5)C(C)(C)c2ccccc2-4)oc2ccccc26)C(C)(C)CCC3(C)C)cc1. The average molecular weight is 793 g/mol. The molecule has 0 fully saturated rings. The molecule has 0 spiro atoms. The highest BCUT2D eigenvalue weighted by Gasteiger charge is 2.40. The number of anilines is 2. The lowest BCUT2D eigenvalue weighted by molar-refractivity contribution is 0.332. The van der Waals surface area contributed by atoms with E-state index in [1.807, 2.05) is 0 Å². The molecule has 0 saturated carbocycles. The summed E-state index contributed by atoms with van der Waals surface area (Å²) in [6, 6.07) is 46.3. The Hall–Kier alpha value is -6.00. The van der Waals surface area contributed by atoms with E-state index in [2.05, 4.69) is 194 Å². The van der Waals surface area contributed by atoms with Gasteiger partial charge in [0.05, 0.1) is 5.52 Å². The molecule has 2 aromatic heterocycles. The van der Waals surface area contributed by atoms with Crippen LogP contribution in [0.2, 0.25) is 0 Å². The van der Waals surface area contributed by atoms with Crippen LogP contribution in [0.5, 0.6) is 0 Å². The summed E-state index contributed by atoms with van der Waals surface area (Å²) in [5.41, 5.74) is 23.2. The van der Waals surface area contributed by atoms with Crippen LogP contribution in [0.25, 0.3) is 71.7 Å². The fraction of sp³-hybridized carbons (Fsp3) is 0.263. The summed E-state index contributed by atoms with van der Waals surface area (Å²) in [4.78, 5) is 0. The van der Waals surface area contributed by atoms with Gasteiger partial charge in [0, 0.05) is 61.2 Å². The molecule has 3 aliphatic rings. The van der Waals surface area contributed by atoms with Gasteiger partial charge < -0.3 is 14.3 Å². The van der Waals surface area contributed by atoms with Crippen LogP contribution in [0.3, 0.4) is 0 Å². The van der Waals surface area contributed by atoms with Crippen LogP contribution in [0, 0.1) is 0 Å². The van der Waals surface area contributed by atoms with Gasteiger partial charge in [-0.1, -0.05) is 141 Å². The quantitative estimate of drug-likeness (QED) is 0.181. The second-order valence-corrected chi connectivity index (χ2v) is 21.3. The molecule has 1 aliphatic heterocycles. The number of hydrogen-bond acceptors (Lipinski definition) is 2. The zero-order valence-corrected chi connectivity index (χ0v) is 37.0. The molecule has 0 unspecified atom stereocenters. The Morgan fingerprint density at radius 3 is 2.07 bits per heavy atom. The molecule has 3 nitrogen and oxygen atoms in total. The van der Waals surface area contributed by atoms with E-state index in [1.165, 1.54) is 112 Å². The van der Waals surface area contributed by atoms with E-state index >= 15 is 0 Å². The molecule has 0 amide bonds. The Labute approximate surface area is 360 Å². The third-order valence-corrected chi connectivity index (χ3v) is 15.2. The Morgan fingerprint density at radius 1 is 0.574 bits per heavy atom. The standard InChI is InChI=1S/C57H53BN2O/c1-54(2,3)32-18-20-33(21-19-32)59-47-29-45-44(55(4,5)24-25-56(45,6)7)27-39(47)36-22-23-37-40-26-41-35-15-11-13-17-50(35)61-51(41)31-48(40)60-49-30-43-38(28-46(49)58-52(36)53(37)60)34-14-10-12-16-42(34)57(43,8)9/h10-23,26-31,58-59H,24-25H2,1-9H3. The first-order valence-electron chi connectivity index (χ1n) is 22.3. The summed E-state index contributed by atoms with van der Waals surface area (Å²) in [7, 11) is 0.846. The molecule has 3 heterocycles. The number of rotatable bonds is 3. The van der Waals surface area contributed by atoms with Gasteiger partial charge in [0.25, 0.3) is 0 Å². The molecule has 1 N–H and O–H groups in total. The molecule has 0 bridgehead atoms. The normalized spacial score (nSPS) is 16.7. The maximum atomic E-state index is 6.60. The third-order valence-electron chi connectivity index (χ3n) is 15.2. The lowest BCUT2D eigenvalue weighted by Crippen LogP contribution is -2.38. The number of aromatic nitrogens is 1. The van der Waals surface area contributed by atoms with Gasteiger partial charge in [-0.2, -0.15) is 0 Å². The van der Waals surface area contributed by atoms with Crippen molar-refractivity contribution in [3.8, 4) is 27.9 Å². The van der Waals surface area contributed by atoms with Crippen LogP contribution in [-0.4, -0.2) is 11.8 Å². The minimum absolute atomic E-state index is 0.0624. The van der Waals surface area contributed by atoms with Gasteiger partial charge >= 0.3 is 0 Å². The van der Waals surface area contributed by atoms with Gasteiger partial charge in [-0.3, -0.25) is 0 Å². The largest absolute Gasteiger partial charge is 0.456 e. The Balaban J connectivity index is 1.16. The fourth-order valence-corrected chi connectivity index (χ4v) is 11.5. The first-order valence-corrected chi connectivity index (χ1v) is 22.3. The Kier molecular flexibility index (Phi) is 7.30. The number of nitrogens with one attached hydrogen (secondary N) is 1. The van der Waals surface area contributed by atoms with Crippen molar-refractivity contribution < 1.29 is 4.42 Å². The van der Waals surface area contributed by atoms with Gasteiger partial charge in [0.15, 0.2) is 7.28 Å². The smallest absolute Gasteiger partial charge is 0.198 e. The predicted octanol–water partition coefficient (Wildman–Crippen LogP) is 13.7. The molecule has 61 heavy (non-hydrogen) atoms. The number of furan rings is 1. The Bertz CT molecular complexity index is 3360. The number of fused-ring (bicyclic) bond motifs is 12. The van der Waals surface area contributed by atoms with E-state index in [1.54, 1.807) is 0 Å². The zero-order valence-electron chi connectivity index (χ0n) is 37.0. The minimum atomic E-state index is -0.105. The van der Waals surface area contributed by atoms with Crippen LogP contribution in [0.1, 0.15) is 103 Å². The topological polar surface area (TPSA) is 30.1 Å². The maximum absolute atomic E-state index is 6.60. The molecule has 4 heteroatoms. The van der Waals surface area contributed by atoms with E-state index in [0.717, 1.165) is 29.5 Å². The Morgan fingerprint density at radius 2 is 1.30 bits per heavy atom. The molecule has 9 aromatic rings. The number of hydrogen-bond donors (Lipinski definition) is 1. The average Bonchev–Trinajstić information content (AvgIpc) is 3.83. The zero-order chi connectivity index (χ0) is 42.0. The fourth-order valence-electron chi connectivity index (χ4n) is 11.5. The molecule has 12 rings (SSSR count). The molecule has 0 radical (unpaired) electrons. The first kappa shape index (κ1) is 36.8. The highest BCUT2D eigenvalue weighted by molar-refractivity contribution is 6.73. The predicted molar refractivity (Wildman–Crippen MR) is 261 cm³/mol. The van der Waals surface area contributed by atoms with Crippen molar-refractivity contribution in [2.45, 2.75) is 96.8 Å². The maximum Gasteiger partial charge on any atom is 0.198 e. The summed E-state index contributed by atoms with van der Waals surface area (Å²) < 4.78 is 9.20. The number of benzene rings is 7. The summed E-state index contributed by atoms with van der Waals surface area (Å²) in [6.07, 6.45) is 2.34. The lowest BCUT2D eigenvalue weighted by atomic mass is 9.58.